The van der Waals surface area contributed by atoms with Gasteiger partial charge in [0.15, 0.2) is 0 Å². The van der Waals surface area contributed by atoms with Crippen LogP contribution in [-0.2, 0) is 17.7 Å². The van der Waals surface area contributed by atoms with Gasteiger partial charge >= 0.3 is 0 Å². The summed E-state index contributed by atoms with van der Waals surface area (Å²) < 4.78 is 8.33. The van der Waals surface area contributed by atoms with Gasteiger partial charge in [0.2, 0.25) is 0 Å². The summed E-state index contributed by atoms with van der Waals surface area (Å²) in [7, 11) is 0. The molecule has 2 aliphatic rings. The normalized spacial score (nSPS) is 23.4. The summed E-state index contributed by atoms with van der Waals surface area (Å²) >= 11 is 0. The molecule has 18 heavy (non-hydrogen) atoms. The van der Waals surface area contributed by atoms with Crippen LogP contribution in [0.2, 0.25) is 0 Å². The first-order valence-electron chi connectivity index (χ1n) is 6.86. The predicted octanol–water partition coefficient (Wildman–Crippen LogP) is 2.25. The first-order valence-corrected chi connectivity index (χ1v) is 6.86. The zero-order chi connectivity index (χ0) is 11.9. The van der Waals surface area contributed by atoms with E-state index in [4.69, 9.17) is 4.74 Å². The van der Waals surface area contributed by atoms with Gasteiger partial charge < -0.3 is 14.6 Å². The van der Waals surface area contributed by atoms with Crippen molar-refractivity contribution < 1.29 is 4.74 Å². The molecule has 3 heterocycles. The number of rotatable bonds is 1. The highest BCUT2D eigenvalue weighted by atomic mass is 16.5. The Labute approximate surface area is 107 Å². The molecule has 1 unspecified atom stereocenters. The number of hydrogen-bond donors (Lipinski definition) is 1. The van der Waals surface area contributed by atoms with Gasteiger partial charge in [-0.1, -0.05) is 18.2 Å². The quantitative estimate of drug-likeness (QED) is 0.830. The van der Waals surface area contributed by atoms with Crippen molar-refractivity contribution in [2.75, 3.05) is 19.7 Å². The Morgan fingerprint density at radius 1 is 1.33 bits per heavy atom. The third-order valence-corrected chi connectivity index (χ3v) is 4.13. The summed E-state index contributed by atoms with van der Waals surface area (Å²) in [5.74, 6) is 0. The summed E-state index contributed by atoms with van der Waals surface area (Å²) in [6.45, 7) is 3.87. The molecule has 1 N–H and O–H groups in total. The number of nitrogens with one attached hydrogen (secondary N) is 1. The standard InChI is InChI=1S/C15H18N2O/c1-3-11-4-2-7-17-10-13(12(5-1)15(11)17)14-9-16-6-8-18-14/h1,3,5,10,14,16H,2,4,6-9H2. The van der Waals surface area contributed by atoms with E-state index >= 15 is 0 Å². The van der Waals surface area contributed by atoms with Crippen molar-refractivity contribution in [3.63, 3.8) is 0 Å². The van der Waals surface area contributed by atoms with Crippen LogP contribution < -0.4 is 5.32 Å². The molecule has 1 aromatic carbocycles. The van der Waals surface area contributed by atoms with Crippen LogP contribution in [0.1, 0.15) is 23.7 Å². The molecule has 1 aromatic heterocycles. The topological polar surface area (TPSA) is 26.2 Å². The molecule has 0 radical (unpaired) electrons. The SMILES string of the molecule is c1cc2c3c(c1)c(C1CNCCO1)cn3CCC2. The zero-order valence-electron chi connectivity index (χ0n) is 10.5. The highest BCUT2D eigenvalue weighted by Gasteiger charge is 2.23. The van der Waals surface area contributed by atoms with Crippen LogP contribution >= 0.6 is 0 Å². The van der Waals surface area contributed by atoms with Gasteiger partial charge in [-0.2, -0.15) is 0 Å². The van der Waals surface area contributed by atoms with Gasteiger partial charge in [-0.05, 0) is 18.4 Å². The molecule has 0 amide bonds. The Morgan fingerprint density at radius 3 is 3.22 bits per heavy atom. The molecule has 4 rings (SSSR count). The van der Waals surface area contributed by atoms with Crippen molar-refractivity contribution in [2.24, 2.45) is 0 Å². The van der Waals surface area contributed by atoms with E-state index < -0.39 is 0 Å². The molecule has 94 valence electrons. The molecule has 1 atom stereocenters. The molecular weight excluding hydrogens is 224 g/mol. The van der Waals surface area contributed by atoms with Crippen LogP contribution in [0.15, 0.2) is 24.4 Å². The number of ether oxygens (including phenoxy) is 1. The average molecular weight is 242 g/mol. The maximum Gasteiger partial charge on any atom is 0.0970 e. The van der Waals surface area contributed by atoms with Crippen LogP contribution in [0.25, 0.3) is 10.9 Å². The number of para-hydroxylation sites is 1. The smallest absolute Gasteiger partial charge is 0.0970 e. The van der Waals surface area contributed by atoms with Crippen LogP contribution in [0.5, 0.6) is 0 Å². The van der Waals surface area contributed by atoms with Gasteiger partial charge in [-0.15, -0.1) is 0 Å². The number of morpholine rings is 1. The second-order valence-corrected chi connectivity index (χ2v) is 5.26. The van der Waals surface area contributed by atoms with Crippen molar-refractivity contribution in [1.29, 1.82) is 0 Å². The minimum Gasteiger partial charge on any atom is -0.371 e. The van der Waals surface area contributed by atoms with E-state index in [-0.39, 0.29) is 6.10 Å². The van der Waals surface area contributed by atoms with Crippen molar-refractivity contribution in [2.45, 2.75) is 25.5 Å². The monoisotopic (exact) mass is 242 g/mol. The summed E-state index contributed by atoms with van der Waals surface area (Å²) in [5, 5.41) is 4.81. The first kappa shape index (κ1) is 10.6. The van der Waals surface area contributed by atoms with Crippen LogP contribution in [0.3, 0.4) is 0 Å². The van der Waals surface area contributed by atoms with E-state index in [1.54, 1.807) is 0 Å². The lowest BCUT2D eigenvalue weighted by Gasteiger charge is -2.23. The fraction of sp³-hybridized carbons (Fsp3) is 0.467. The zero-order valence-corrected chi connectivity index (χ0v) is 10.5. The second-order valence-electron chi connectivity index (χ2n) is 5.26. The first-order chi connectivity index (χ1) is 8.93. The summed E-state index contributed by atoms with van der Waals surface area (Å²) in [6.07, 6.45) is 5.00. The largest absolute Gasteiger partial charge is 0.371 e. The van der Waals surface area contributed by atoms with Crippen LogP contribution in [0, 0.1) is 0 Å². The molecule has 0 aliphatic carbocycles. The fourth-order valence-corrected chi connectivity index (χ4v) is 3.31. The molecule has 1 saturated heterocycles. The molecule has 3 heteroatoms. The van der Waals surface area contributed by atoms with Gasteiger partial charge in [-0.25, -0.2) is 0 Å². The van der Waals surface area contributed by atoms with Crippen LogP contribution in [-0.4, -0.2) is 24.3 Å². The number of aromatic nitrogens is 1. The second kappa shape index (κ2) is 4.11. The third-order valence-electron chi connectivity index (χ3n) is 4.13. The number of aryl methyl sites for hydroxylation is 2. The molecule has 0 bridgehead atoms. The Morgan fingerprint density at radius 2 is 2.33 bits per heavy atom. The van der Waals surface area contributed by atoms with Gasteiger partial charge in [-0.3, -0.25) is 0 Å². The Kier molecular flexibility index (Phi) is 2.42. The van der Waals surface area contributed by atoms with E-state index in [9.17, 15) is 0 Å². The lowest BCUT2D eigenvalue weighted by Crippen LogP contribution is -2.33. The minimum absolute atomic E-state index is 0.218. The Bertz CT molecular complexity index is 581. The van der Waals surface area contributed by atoms with Crippen LogP contribution in [0.4, 0.5) is 0 Å². The molecule has 0 saturated carbocycles. The van der Waals surface area contributed by atoms with E-state index in [1.165, 1.54) is 34.9 Å². The maximum atomic E-state index is 5.91. The number of nitrogens with zero attached hydrogens (tertiary/aromatic N) is 1. The van der Waals surface area contributed by atoms with E-state index in [0.717, 1.165) is 26.2 Å². The van der Waals surface area contributed by atoms with Crippen molar-refractivity contribution in [3.05, 3.63) is 35.5 Å². The Hall–Kier alpha value is -1.32. The van der Waals surface area contributed by atoms with Gasteiger partial charge in [0, 0.05) is 36.8 Å². The van der Waals surface area contributed by atoms with Gasteiger partial charge in [0.25, 0.3) is 0 Å². The summed E-state index contributed by atoms with van der Waals surface area (Å²) in [5.41, 5.74) is 4.29. The molecule has 3 nitrogen and oxygen atoms in total. The highest BCUT2D eigenvalue weighted by molar-refractivity contribution is 5.87. The minimum atomic E-state index is 0.218. The van der Waals surface area contributed by atoms with Gasteiger partial charge in [0.05, 0.1) is 18.2 Å². The molecule has 0 spiro atoms. The molecular formula is C15H18N2O. The molecule has 2 aromatic rings. The van der Waals surface area contributed by atoms with Gasteiger partial charge in [0.1, 0.15) is 0 Å². The van der Waals surface area contributed by atoms with E-state index in [1.807, 2.05) is 0 Å². The lowest BCUT2D eigenvalue weighted by atomic mass is 10.0. The highest BCUT2D eigenvalue weighted by Crippen LogP contribution is 2.33. The summed E-state index contributed by atoms with van der Waals surface area (Å²) in [4.78, 5) is 0. The molecule has 2 aliphatic heterocycles. The fourth-order valence-electron chi connectivity index (χ4n) is 3.31. The maximum absolute atomic E-state index is 5.91. The third kappa shape index (κ3) is 1.51. The van der Waals surface area contributed by atoms with Crippen molar-refractivity contribution in [3.8, 4) is 0 Å². The van der Waals surface area contributed by atoms with Crippen molar-refractivity contribution >= 4 is 10.9 Å². The van der Waals surface area contributed by atoms with E-state index in [0.29, 0.717) is 0 Å². The number of hydrogen-bond acceptors (Lipinski definition) is 2. The summed E-state index contributed by atoms with van der Waals surface area (Å²) in [6, 6.07) is 6.70. The predicted molar refractivity (Wildman–Crippen MR) is 71.8 cm³/mol. The number of benzene rings is 1. The average Bonchev–Trinajstić information content (AvgIpc) is 2.82. The van der Waals surface area contributed by atoms with E-state index in [2.05, 4.69) is 34.3 Å². The van der Waals surface area contributed by atoms with Crippen molar-refractivity contribution in [1.82, 2.24) is 9.88 Å². The molecule has 1 fully saturated rings. The lowest BCUT2D eigenvalue weighted by molar-refractivity contribution is 0.0285. The Balaban J connectivity index is 1.89.